The summed E-state index contributed by atoms with van der Waals surface area (Å²) in [4.78, 5) is 0. The van der Waals surface area contributed by atoms with Gasteiger partial charge in [-0.25, -0.2) is 0 Å². The molecule has 0 bridgehead atoms. The van der Waals surface area contributed by atoms with Gasteiger partial charge in [0.2, 0.25) is 0 Å². The lowest BCUT2D eigenvalue weighted by atomic mass is 10.2. The standard InChI is InChI=1S/C10H15NO2/c1-8-3-4-10(13-6-5-12)9(7-8)11-2/h3-4,7,11-12H,5-6H2,1-2H3. The molecule has 0 aromatic heterocycles. The second kappa shape index (κ2) is 4.72. The first kappa shape index (κ1) is 9.86. The van der Waals surface area contributed by atoms with Crippen LogP contribution in [0.2, 0.25) is 0 Å². The van der Waals surface area contributed by atoms with Gasteiger partial charge >= 0.3 is 0 Å². The summed E-state index contributed by atoms with van der Waals surface area (Å²) in [7, 11) is 1.85. The molecule has 13 heavy (non-hydrogen) atoms. The van der Waals surface area contributed by atoms with Gasteiger partial charge in [0.05, 0.1) is 12.3 Å². The summed E-state index contributed by atoms with van der Waals surface area (Å²) in [6.45, 7) is 2.39. The minimum atomic E-state index is 0.0387. The number of ether oxygens (including phenoxy) is 1. The number of anilines is 1. The van der Waals surface area contributed by atoms with E-state index in [1.807, 2.05) is 32.2 Å². The molecular weight excluding hydrogens is 166 g/mol. The Kier molecular flexibility index (Phi) is 3.58. The molecule has 0 spiro atoms. The number of hydrogen-bond donors (Lipinski definition) is 2. The molecule has 0 saturated heterocycles. The first-order valence-electron chi connectivity index (χ1n) is 4.30. The third-order valence-electron chi connectivity index (χ3n) is 1.75. The summed E-state index contributed by atoms with van der Waals surface area (Å²) >= 11 is 0. The number of aliphatic hydroxyl groups is 1. The Bertz CT molecular complexity index is 274. The van der Waals surface area contributed by atoms with Crippen LogP contribution in [0.3, 0.4) is 0 Å². The van der Waals surface area contributed by atoms with E-state index >= 15 is 0 Å². The summed E-state index contributed by atoms with van der Waals surface area (Å²) in [5.41, 5.74) is 2.13. The second-order valence-corrected chi connectivity index (χ2v) is 2.82. The molecule has 0 saturated carbocycles. The SMILES string of the molecule is CNc1cc(C)ccc1OCCO. The summed E-state index contributed by atoms with van der Waals surface area (Å²) < 4.78 is 5.32. The van der Waals surface area contributed by atoms with Crippen LogP contribution in [0.1, 0.15) is 5.56 Å². The molecular formula is C10H15NO2. The maximum Gasteiger partial charge on any atom is 0.142 e. The molecule has 2 N–H and O–H groups in total. The molecule has 72 valence electrons. The van der Waals surface area contributed by atoms with Gasteiger partial charge in [0.1, 0.15) is 12.4 Å². The van der Waals surface area contributed by atoms with Crippen LogP contribution in [-0.2, 0) is 0 Å². The van der Waals surface area contributed by atoms with Crippen molar-refractivity contribution in [2.45, 2.75) is 6.92 Å². The van der Waals surface area contributed by atoms with Crippen LogP contribution < -0.4 is 10.1 Å². The van der Waals surface area contributed by atoms with Crippen LogP contribution in [0.25, 0.3) is 0 Å². The van der Waals surface area contributed by atoms with Gasteiger partial charge in [-0.2, -0.15) is 0 Å². The van der Waals surface area contributed by atoms with Crippen molar-refractivity contribution < 1.29 is 9.84 Å². The predicted molar refractivity (Wildman–Crippen MR) is 53.3 cm³/mol. The fraction of sp³-hybridized carbons (Fsp3) is 0.400. The summed E-state index contributed by atoms with van der Waals surface area (Å²) in [5, 5.41) is 11.6. The van der Waals surface area contributed by atoms with E-state index in [-0.39, 0.29) is 6.61 Å². The van der Waals surface area contributed by atoms with Crippen LogP contribution in [0, 0.1) is 6.92 Å². The molecule has 0 fully saturated rings. The zero-order valence-corrected chi connectivity index (χ0v) is 8.00. The van der Waals surface area contributed by atoms with Gasteiger partial charge in [-0.1, -0.05) is 6.07 Å². The number of hydrogen-bond acceptors (Lipinski definition) is 3. The highest BCUT2D eigenvalue weighted by molar-refractivity contribution is 5.57. The molecule has 1 aromatic carbocycles. The predicted octanol–water partition coefficient (Wildman–Crippen LogP) is 1.41. The Balaban J connectivity index is 2.79. The van der Waals surface area contributed by atoms with Crippen molar-refractivity contribution in [2.75, 3.05) is 25.6 Å². The van der Waals surface area contributed by atoms with Crippen molar-refractivity contribution in [1.29, 1.82) is 0 Å². The molecule has 0 aliphatic carbocycles. The van der Waals surface area contributed by atoms with Crippen LogP contribution in [-0.4, -0.2) is 25.4 Å². The van der Waals surface area contributed by atoms with Gasteiger partial charge < -0.3 is 15.2 Å². The minimum Gasteiger partial charge on any atom is -0.489 e. The van der Waals surface area contributed by atoms with Crippen molar-refractivity contribution >= 4 is 5.69 Å². The fourth-order valence-electron chi connectivity index (χ4n) is 1.12. The Morgan fingerprint density at radius 2 is 2.23 bits per heavy atom. The number of aryl methyl sites for hydroxylation is 1. The zero-order valence-electron chi connectivity index (χ0n) is 8.00. The van der Waals surface area contributed by atoms with Gasteiger partial charge in [-0.15, -0.1) is 0 Å². The molecule has 1 rings (SSSR count). The molecule has 3 nitrogen and oxygen atoms in total. The highest BCUT2D eigenvalue weighted by atomic mass is 16.5. The fourth-order valence-corrected chi connectivity index (χ4v) is 1.12. The summed E-state index contributed by atoms with van der Waals surface area (Å²) in [6.07, 6.45) is 0. The minimum absolute atomic E-state index is 0.0387. The van der Waals surface area contributed by atoms with E-state index < -0.39 is 0 Å². The van der Waals surface area contributed by atoms with E-state index in [9.17, 15) is 0 Å². The lowest BCUT2D eigenvalue weighted by molar-refractivity contribution is 0.202. The molecule has 0 radical (unpaired) electrons. The average molecular weight is 181 g/mol. The van der Waals surface area contributed by atoms with Gasteiger partial charge in [0, 0.05) is 7.05 Å². The van der Waals surface area contributed by atoms with E-state index in [1.165, 1.54) is 5.56 Å². The normalized spacial score (nSPS) is 9.77. The number of nitrogens with one attached hydrogen (secondary N) is 1. The largest absolute Gasteiger partial charge is 0.489 e. The summed E-state index contributed by atoms with van der Waals surface area (Å²) in [5.74, 6) is 0.780. The molecule has 0 aliphatic heterocycles. The Morgan fingerprint density at radius 1 is 1.46 bits per heavy atom. The van der Waals surface area contributed by atoms with E-state index in [0.29, 0.717) is 6.61 Å². The lowest BCUT2D eigenvalue weighted by Gasteiger charge is -2.10. The van der Waals surface area contributed by atoms with E-state index in [0.717, 1.165) is 11.4 Å². The van der Waals surface area contributed by atoms with Crippen LogP contribution in [0.4, 0.5) is 5.69 Å². The molecule has 3 heteroatoms. The monoisotopic (exact) mass is 181 g/mol. The summed E-state index contributed by atoms with van der Waals surface area (Å²) in [6, 6.07) is 5.89. The van der Waals surface area contributed by atoms with E-state index in [4.69, 9.17) is 9.84 Å². The van der Waals surface area contributed by atoms with Gasteiger partial charge in [-0.3, -0.25) is 0 Å². The number of benzene rings is 1. The van der Waals surface area contributed by atoms with Gasteiger partial charge in [0.15, 0.2) is 0 Å². The average Bonchev–Trinajstić information content (AvgIpc) is 2.16. The maximum absolute atomic E-state index is 8.60. The van der Waals surface area contributed by atoms with Crippen molar-refractivity contribution in [2.24, 2.45) is 0 Å². The molecule has 0 heterocycles. The quantitative estimate of drug-likeness (QED) is 0.738. The number of aliphatic hydroxyl groups excluding tert-OH is 1. The first-order chi connectivity index (χ1) is 6.27. The first-order valence-corrected chi connectivity index (χ1v) is 4.30. The zero-order chi connectivity index (χ0) is 9.68. The number of rotatable bonds is 4. The Hall–Kier alpha value is -1.22. The third-order valence-corrected chi connectivity index (χ3v) is 1.75. The highest BCUT2D eigenvalue weighted by Gasteiger charge is 2.00. The van der Waals surface area contributed by atoms with E-state index in [2.05, 4.69) is 5.32 Å². The second-order valence-electron chi connectivity index (χ2n) is 2.82. The highest BCUT2D eigenvalue weighted by Crippen LogP contribution is 2.24. The molecule has 0 amide bonds. The maximum atomic E-state index is 8.60. The van der Waals surface area contributed by atoms with Crippen molar-refractivity contribution in [3.05, 3.63) is 23.8 Å². The van der Waals surface area contributed by atoms with Crippen molar-refractivity contribution in [3.8, 4) is 5.75 Å². The Morgan fingerprint density at radius 3 is 2.85 bits per heavy atom. The van der Waals surface area contributed by atoms with E-state index in [1.54, 1.807) is 0 Å². The Labute approximate surface area is 78.3 Å². The molecule has 0 unspecified atom stereocenters. The van der Waals surface area contributed by atoms with Crippen molar-refractivity contribution in [1.82, 2.24) is 0 Å². The third kappa shape index (κ3) is 2.63. The lowest BCUT2D eigenvalue weighted by Crippen LogP contribution is -2.03. The van der Waals surface area contributed by atoms with Crippen LogP contribution in [0.5, 0.6) is 5.75 Å². The van der Waals surface area contributed by atoms with Crippen molar-refractivity contribution in [3.63, 3.8) is 0 Å². The topological polar surface area (TPSA) is 41.5 Å². The molecule has 0 atom stereocenters. The van der Waals surface area contributed by atoms with Gasteiger partial charge in [-0.05, 0) is 24.6 Å². The van der Waals surface area contributed by atoms with Crippen LogP contribution >= 0.6 is 0 Å². The molecule has 1 aromatic rings. The van der Waals surface area contributed by atoms with Gasteiger partial charge in [0.25, 0.3) is 0 Å². The molecule has 0 aliphatic rings. The smallest absolute Gasteiger partial charge is 0.142 e. The van der Waals surface area contributed by atoms with Crippen LogP contribution in [0.15, 0.2) is 18.2 Å².